The van der Waals surface area contributed by atoms with Gasteiger partial charge in [-0.2, -0.15) is 0 Å². The van der Waals surface area contributed by atoms with Gasteiger partial charge in [0, 0.05) is 5.02 Å². The largest absolute Gasteiger partial charge is 1.00 e. The lowest BCUT2D eigenvalue weighted by Crippen LogP contribution is -3.20. The molecule has 2 rings (SSSR count). The van der Waals surface area contributed by atoms with Crippen molar-refractivity contribution in [3.8, 4) is 0 Å². The Bertz CT molecular complexity index is 472. The molecule has 1 aliphatic rings. The van der Waals surface area contributed by atoms with Crippen molar-refractivity contribution in [2.45, 2.75) is 4.90 Å². The predicted molar refractivity (Wildman–Crippen MR) is 63.3 cm³/mol. The molecule has 0 atom stereocenters. The van der Waals surface area contributed by atoms with E-state index in [0.29, 0.717) is 31.3 Å². The molecule has 0 radical (unpaired) electrons. The molecule has 1 saturated heterocycles. The van der Waals surface area contributed by atoms with Crippen LogP contribution in [0.1, 0.15) is 0 Å². The monoisotopic (exact) mass is 312 g/mol. The second kappa shape index (κ2) is 6.70. The van der Waals surface area contributed by atoms with Crippen LogP contribution in [-0.4, -0.2) is 34.7 Å². The molecule has 1 aromatic carbocycles. The van der Waals surface area contributed by atoms with Gasteiger partial charge in [-0.25, -0.2) is 13.4 Å². The summed E-state index contributed by atoms with van der Waals surface area (Å²) in [7, 11) is -3.48. The van der Waals surface area contributed by atoms with E-state index in [1.807, 2.05) is 0 Å². The van der Waals surface area contributed by atoms with E-state index in [4.69, 9.17) is 16.3 Å². The third-order valence-corrected chi connectivity index (χ3v) is 4.20. The minimum Gasteiger partial charge on any atom is -1.00 e. The lowest BCUT2D eigenvalue weighted by atomic mass is 10.4. The van der Waals surface area contributed by atoms with E-state index >= 15 is 0 Å². The van der Waals surface area contributed by atoms with E-state index in [1.54, 1.807) is 12.1 Å². The van der Waals surface area contributed by atoms with Crippen LogP contribution in [0, 0.1) is 0 Å². The molecule has 8 heteroatoms. The van der Waals surface area contributed by atoms with Gasteiger partial charge < -0.3 is 17.1 Å². The molecular weight excluding hydrogens is 299 g/mol. The van der Waals surface area contributed by atoms with Gasteiger partial charge in [-0.05, 0) is 24.3 Å². The van der Waals surface area contributed by atoms with Crippen LogP contribution in [-0.2, 0) is 14.8 Å². The SMILES string of the molecule is O=S(=O)(N[NH+]1CCOCC1)c1ccc(Cl)cc1.[Cl-]. The lowest BCUT2D eigenvalue weighted by Gasteiger charge is -2.23. The van der Waals surface area contributed by atoms with Gasteiger partial charge >= 0.3 is 0 Å². The van der Waals surface area contributed by atoms with Gasteiger partial charge in [-0.1, -0.05) is 16.4 Å². The Labute approximate surface area is 117 Å². The summed E-state index contributed by atoms with van der Waals surface area (Å²) in [5.74, 6) is 0. The minimum absolute atomic E-state index is 0. The lowest BCUT2D eigenvalue weighted by molar-refractivity contribution is -0.938. The molecule has 1 aromatic rings. The van der Waals surface area contributed by atoms with Gasteiger partial charge in [0.15, 0.2) is 0 Å². The Morgan fingerprint density at radius 3 is 2.28 bits per heavy atom. The molecule has 0 saturated carbocycles. The summed E-state index contributed by atoms with van der Waals surface area (Å²) in [5.41, 5.74) is 0. The van der Waals surface area contributed by atoms with Crippen LogP contribution in [0.3, 0.4) is 0 Å². The van der Waals surface area contributed by atoms with Crippen LogP contribution < -0.4 is 22.2 Å². The number of nitrogens with one attached hydrogen (secondary N) is 2. The zero-order valence-corrected chi connectivity index (χ0v) is 11.9. The van der Waals surface area contributed by atoms with Gasteiger partial charge in [0.05, 0.1) is 18.1 Å². The average molecular weight is 313 g/mol. The first-order chi connectivity index (χ1) is 8.08. The Balaban J connectivity index is 0.00000162. The average Bonchev–Trinajstić information content (AvgIpc) is 2.30. The maximum atomic E-state index is 12.0. The smallest absolute Gasteiger partial charge is 0.282 e. The third kappa shape index (κ3) is 4.08. The number of rotatable bonds is 3. The molecule has 0 aromatic heterocycles. The van der Waals surface area contributed by atoms with Crippen molar-refractivity contribution in [2.24, 2.45) is 0 Å². The molecule has 0 bridgehead atoms. The zero-order chi connectivity index (χ0) is 12.3. The molecule has 18 heavy (non-hydrogen) atoms. The van der Waals surface area contributed by atoms with Crippen LogP contribution >= 0.6 is 11.6 Å². The Morgan fingerprint density at radius 1 is 1.17 bits per heavy atom. The number of hydrogen-bond acceptors (Lipinski definition) is 3. The maximum absolute atomic E-state index is 12.0. The third-order valence-electron chi connectivity index (χ3n) is 2.50. The zero-order valence-electron chi connectivity index (χ0n) is 9.53. The summed E-state index contributed by atoms with van der Waals surface area (Å²) in [5, 5.41) is 1.31. The minimum atomic E-state index is -3.48. The molecule has 2 N–H and O–H groups in total. The first kappa shape index (κ1) is 15.7. The highest BCUT2D eigenvalue weighted by atomic mass is 35.5. The molecule has 5 nitrogen and oxygen atoms in total. The summed E-state index contributed by atoms with van der Waals surface area (Å²) in [6.45, 7) is 2.40. The van der Waals surface area contributed by atoms with Crippen LogP contribution in [0.4, 0.5) is 0 Å². The highest BCUT2D eigenvalue weighted by molar-refractivity contribution is 7.89. The fourth-order valence-corrected chi connectivity index (χ4v) is 2.90. The first-order valence-electron chi connectivity index (χ1n) is 5.29. The normalized spacial score (nSPS) is 17.2. The van der Waals surface area contributed by atoms with Crippen molar-refractivity contribution in [3.05, 3.63) is 29.3 Å². The van der Waals surface area contributed by atoms with E-state index < -0.39 is 10.0 Å². The molecule has 0 amide bonds. The standard InChI is InChI=1S/C10H13ClN2O3S.ClH/c11-9-1-3-10(4-2-9)17(14,15)12-13-5-7-16-8-6-13;/h1-4,12H,5-8H2;1H. The van der Waals surface area contributed by atoms with Crippen molar-refractivity contribution in [1.29, 1.82) is 0 Å². The van der Waals surface area contributed by atoms with E-state index in [1.165, 1.54) is 12.1 Å². The Kier molecular flexibility index (Phi) is 5.84. The fourth-order valence-electron chi connectivity index (χ4n) is 1.58. The van der Waals surface area contributed by atoms with Crippen LogP contribution in [0.2, 0.25) is 5.02 Å². The van der Waals surface area contributed by atoms with E-state index in [9.17, 15) is 8.42 Å². The highest BCUT2D eigenvalue weighted by Crippen LogP contribution is 2.12. The maximum Gasteiger partial charge on any atom is 0.282 e. The van der Waals surface area contributed by atoms with Gasteiger partial charge in [-0.3, -0.25) is 0 Å². The molecular formula is C10H14Cl2N2O3S. The van der Waals surface area contributed by atoms with Gasteiger partial charge in [0.25, 0.3) is 10.0 Å². The topological polar surface area (TPSA) is 59.8 Å². The number of benzene rings is 1. The predicted octanol–water partition coefficient (Wildman–Crippen LogP) is -3.55. The highest BCUT2D eigenvalue weighted by Gasteiger charge is 2.23. The second-order valence-corrected chi connectivity index (χ2v) is 5.89. The summed E-state index contributed by atoms with van der Waals surface area (Å²) in [6.07, 6.45) is 0. The van der Waals surface area contributed by atoms with E-state index in [2.05, 4.69) is 4.83 Å². The van der Waals surface area contributed by atoms with E-state index in [0.717, 1.165) is 5.01 Å². The van der Waals surface area contributed by atoms with Gasteiger partial charge in [-0.15, -0.1) is 0 Å². The number of hydrogen-bond donors (Lipinski definition) is 2. The quantitative estimate of drug-likeness (QED) is 0.608. The van der Waals surface area contributed by atoms with Crippen LogP contribution in [0.15, 0.2) is 29.2 Å². The molecule has 1 heterocycles. The molecule has 102 valence electrons. The Morgan fingerprint density at radius 2 is 1.72 bits per heavy atom. The van der Waals surface area contributed by atoms with Crippen molar-refractivity contribution < 1.29 is 30.6 Å². The summed E-state index contributed by atoms with van der Waals surface area (Å²) >= 11 is 5.72. The molecule has 0 aliphatic carbocycles. The first-order valence-corrected chi connectivity index (χ1v) is 7.15. The van der Waals surface area contributed by atoms with E-state index in [-0.39, 0.29) is 17.3 Å². The molecule has 1 fully saturated rings. The number of sulfonamides is 1. The summed E-state index contributed by atoms with van der Waals surface area (Å²) in [4.78, 5) is 2.82. The fraction of sp³-hybridized carbons (Fsp3) is 0.400. The van der Waals surface area contributed by atoms with Gasteiger partial charge in [0.2, 0.25) is 0 Å². The van der Waals surface area contributed by atoms with Crippen molar-refractivity contribution in [3.63, 3.8) is 0 Å². The van der Waals surface area contributed by atoms with Crippen molar-refractivity contribution in [1.82, 2.24) is 4.83 Å². The van der Waals surface area contributed by atoms with Gasteiger partial charge in [0.1, 0.15) is 13.1 Å². The second-order valence-electron chi connectivity index (χ2n) is 3.78. The van der Waals surface area contributed by atoms with Crippen molar-refractivity contribution >= 4 is 21.6 Å². The number of quaternary nitrogens is 1. The molecule has 0 unspecified atom stereocenters. The number of ether oxygens (including phenoxy) is 1. The Hall–Kier alpha value is -0.370. The van der Waals surface area contributed by atoms with Crippen LogP contribution in [0.25, 0.3) is 0 Å². The molecule has 1 aliphatic heterocycles. The summed E-state index contributed by atoms with van der Waals surface area (Å²) in [6, 6.07) is 6.10. The summed E-state index contributed by atoms with van der Waals surface area (Å²) < 4.78 is 29.2. The number of halogens is 2. The number of morpholine rings is 1. The molecule has 0 spiro atoms. The van der Waals surface area contributed by atoms with Crippen LogP contribution in [0.5, 0.6) is 0 Å². The van der Waals surface area contributed by atoms with Crippen molar-refractivity contribution in [2.75, 3.05) is 26.3 Å².